The Bertz CT molecular complexity index is 1420. The van der Waals surface area contributed by atoms with Gasteiger partial charge < -0.3 is 20.6 Å². The SMILES string of the molecule is C=CC(=O)Nc1cccc(C(=O)N2CCC(c3cccc(CC)c3)CC2)c1.C=CC(=O)Nc1cccc(C(=O)O)c1. The van der Waals surface area contributed by atoms with Crippen molar-refractivity contribution in [1.29, 1.82) is 0 Å². The zero-order valence-electron chi connectivity index (χ0n) is 23.1. The predicted octanol–water partition coefficient (Wildman–Crippen LogP) is 5.90. The molecule has 0 aromatic heterocycles. The van der Waals surface area contributed by atoms with Crippen molar-refractivity contribution in [3.05, 3.63) is 120 Å². The van der Waals surface area contributed by atoms with Crippen LogP contribution < -0.4 is 10.6 Å². The molecule has 1 aliphatic heterocycles. The number of carboxylic acid groups (broad SMARTS) is 1. The summed E-state index contributed by atoms with van der Waals surface area (Å²) in [6, 6.07) is 21.9. The molecule has 1 saturated heterocycles. The molecule has 0 spiro atoms. The van der Waals surface area contributed by atoms with E-state index in [2.05, 4.69) is 55.0 Å². The van der Waals surface area contributed by atoms with Gasteiger partial charge in [-0.3, -0.25) is 14.4 Å². The molecule has 0 bridgehead atoms. The van der Waals surface area contributed by atoms with E-state index < -0.39 is 5.97 Å². The van der Waals surface area contributed by atoms with E-state index in [9.17, 15) is 19.2 Å². The molecule has 3 amide bonds. The van der Waals surface area contributed by atoms with Crippen LogP contribution in [0.2, 0.25) is 0 Å². The number of piperidine rings is 1. The van der Waals surface area contributed by atoms with Gasteiger partial charge in [0.25, 0.3) is 5.91 Å². The summed E-state index contributed by atoms with van der Waals surface area (Å²) in [7, 11) is 0. The minimum atomic E-state index is -1.03. The number of hydrogen-bond acceptors (Lipinski definition) is 4. The molecule has 0 unspecified atom stereocenters. The third-order valence-electron chi connectivity index (χ3n) is 6.74. The Morgan fingerprint density at radius 1 is 0.829 bits per heavy atom. The van der Waals surface area contributed by atoms with Gasteiger partial charge in [-0.05, 0) is 84.9 Å². The zero-order chi connectivity index (χ0) is 29.8. The molecule has 8 heteroatoms. The Labute approximate surface area is 240 Å². The molecule has 1 fully saturated rings. The Morgan fingerprint density at radius 3 is 1.90 bits per heavy atom. The third-order valence-corrected chi connectivity index (χ3v) is 6.74. The second-order valence-electron chi connectivity index (χ2n) is 9.52. The quantitative estimate of drug-likeness (QED) is 0.300. The number of hydrogen-bond donors (Lipinski definition) is 3. The number of anilines is 2. The molecule has 0 radical (unpaired) electrons. The number of rotatable bonds is 8. The van der Waals surface area contributed by atoms with E-state index in [0.717, 1.165) is 38.4 Å². The van der Waals surface area contributed by atoms with E-state index in [-0.39, 0.29) is 23.3 Å². The molecule has 3 aromatic carbocycles. The lowest BCUT2D eigenvalue weighted by Gasteiger charge is -2.32. The third kappa shape index (κ3) is 9.03. The highest BCUT2D eigenvalue weighted by Crippen LogP contribution is 2.29. The molecule has 4 rings (SSSR count). The Balaban J connectivity index is 0.000000278. The van der Waals surface area contributed by atoms with Crippen LogP contribution >= 0.6 is 0 Å². The Hall–Kier alpha value is -4.98. The zero-order valence-corrected chi connectivity index (χ0v) is 23.1. The van der Waals surface area contributed by atoms with Crippen molar-refractivity contribution in [3.63, 3.8) is 0 Å². The van der Waals surface area contributed by atoms with Gasteiger partial charge in [-0.1, -0.05) is 56.5 Å². The number of aromatic carboxylic acids is 1. The van der Waals surface area contributed by atoms with Gasteiger partial charge in [0.1, 0.15) is 0 Å². The summed E-state index contributed by atoms with van der Waals surface area (Å²) in [6.45, 7) is 10.4. The molecule has 212 valence electrons. The van der Waals surface area contributed by atoms with E-state index in [1.54, 1.807) is 36.4 Å². The standard InChI is InChI=1S/C23H26N2O2.C10H9NO3/c1-3-17-7-5-8-19(15-17)18-11-13-25(14-12-18)23(27)20-9-6-10-21(16-20)24-22(26)4-2;1-2-9(12)11-8-5-3-4-7(6-8)10(13)14/h4-10,15-16,18H,2-3,11-14H2,1H3,(H,24,26);2-6H,1H2,(H,11,12)(H,13,14). The minimum Gasteiger partial charge on any atom is -0.478 e. The molecule has 0 aliphatic carbocycles. The van der Waals surface area contributed by atoms with Gasteiger partial charge in [-0.15, -0.1) is 0 Å². The highest BCUT2D eigenvalue weighted by Gasteiger charge is 2.25. The number of carbonyl (C=O) groups is 4. The fraction of sp³-hybridized carbons (Fsp3) is 0.212. The Morgan fingerprint density at radius 2 is 1.37 bits per heavy atom. The number of benzene rings is 3. The molecule has 3 N–H and O–H groups in total. The monoisotopic (exact) mass is 553 g/mol. The van der Waals surface area contributed by atoms with Gasteiger partial charge >= 0.3 is 5.97 Å². The predicted molar refractivity (Wildman–Crippen MR) is 161 cm³/mol. The number of nitrogens with one attached hydrogen (secondary N) is 2. The molecule has 1 aliphatic rings. The van der Waals surface area contributed by atoms with Crippen molar-refractivity contribution in [3.8, 4) is 0 Å². The molecule has 1 heterocycles. The van der Waals surface area contributed by atoms with Gasteiger partial charge in [-0.25, -0.2) is 4.79 Å². The summed E-state index contributed by atoms with van der Waals surface area (Å²) in [6.07, 6.45) is 5.34. The number of carbonyl (C=O) groups excluding carboxylic acids is 3. The maximum atomic E-state index is 12.8. The first-order valence-electron chi connectivity index (χ1n) is 13.4. The minimum absolute atomic E-state index is 0.0189. The van der Waals surface area contributed by atoms with Gasteiger partial charge in [0, 0.05) is 30.0 Å². The Kier molecular flexibility index (Phi) is 11.2. The van der Waals surface area contributed by atoms with Crippen molar-refractivity contribution in [2.75, 3.05) is 23.7 Å². The van der Waals surface area contributed by atoms with Gasteiger partial charge in [0.15, 0.2) is 0 Å². The van der Waals surface area contributed by atoms with Crippen LogP contribution in [0, 0.1) is 0 Å². The highest BCUT2D eigenvalue weighted by atomic mass is 16.4. The molecule has 8 nitrogen and oxygen atoms in total. The molecular weight excluding hydrogens is 518 g/mol. The van der Waals surface area contributed by atoms with Gasteiger partial charge in [0.05, 0.1) is 5.56 Å². The lowest BCUT2D eigenvalue weighted by atomic mass is 9.88. The van der Waals surface area contributed by atoms with E-state index in [1.165, 1.54) is 29.3 Å². The molecule has 3 aromatic rings. The van der Waals surface area contributed by atoms with Crippen LogP contribution in [0.3, 0.4) is 0 Å². The van der Waals surface area contributed by atoms with Crippen molar-refractivity contribution in [2.24, 2.45) is 0 Å². The van der Waals surface area contributed by atoms with Crippen LogP contribution in [-0.2, 0) is 16.0 Å². The molecule has 0 atom stereocenters. The maximum absolute atomic E-state index is 12.8. The first-order valence-corrected chi connectivity index (χ1v) is 13.4. The van der Waals surface area contributed by atoms with Crippen LogP contribution in [0.4, 0.5) is 11.4 Å². The average molecular weight is 554 g/mol. The van der Waals surface area contributed by atoms with Crippen LogP contribution in [0.1, 0.15) is 57.5 Å². The first kappa shape index (κ1) is 30.6. The van der Waals surface area contributed by atoms with Crippen molar-refractivity contribution in [2.45, 2.75) is 32.1 Å². The molecule has 0 saturated carbocycles. The van der Waals surface area contributed by atoms with Gasteiger partial charge in [0.2, 0.25) is 11.8 Å². The average Bonchev–Trinajstić information content (AvgIpc) is 3.01. The number of aryl methyl sites for hydroxylation is 1. The fourth-order valence-corrected chi connectivity index (χ4v) is 4.51. The smallest absolute Gasteiger partial charge is 0.335 e. The molecule has 41 heavy (non-hydrogen) atoms. The topological polar surface area (TPSA) is 116 Å². The molecular formula is C33H35N3O5. The lowest BCUT2D eigenvalue weighted by Crippen LogP contribution is -2.38. The summed E-state index contributed by atoms with van der Waals surface area (Å²) in [5, 5.41) is 13.8. The fourth-order valence-electron chi connectivity index (χ4n) is 4.51. The number of amides is 3. The summed E-state index contributed by atoms with van der Waals surface area (Å²) < 4.78 is 0. The van der Waals surface area contributed by atoms with Crippen molar-refractivity contribution in [1.82, 2.24) is 4.90 Å². The summed E-state index contributed by atoms with van der Waals surface area (Å²) in [5.41, 5.74) is 4.53. The normalized spacial score (nSPS) is 12.8. The summed E-state index contributed by atoms with van der Waals surface area (Å²) in [5.74, 6) is -1.15. The van der Waals surface area contributed by atoms with E-state index >= 15 is 0 Å². The highest BCUT2D eigenvalue weighted by molar-refractivity contribution is 6.01. The van der Waals surface area contributed by atoms with E-state index in [0.29, 0.717) is 22.9 Å². The van der Waals surface area contributed by atoms with Crippen molar-refractivity contribution < 1.29 is 24.3 Å². The largest absolute Gasteiger partial charge is 0.478 e. The van der Waals surface area contributed by atoms with Gasteiger partial charge in [-0.2, -0.15) is 0 Å². The van der Waals surface area contributed by atoms with E-state index in [4.69, 9.17) is 5.11 Å². The number of carboxylic acids is 1. The second-order valence-corrected chi connectivity index (χ2v) is 9.52. The maximum Gasteiger partial charge on any atom is 0.335 e. The second kappa shape index (κ2) is 15.0. The van der Waals surface area contributed by atoms with Crippen LogP contribution in [0.25, 0.3) is 0 Å². The first-order chi connectivity index (χ1) is 19.7. The van der Waals surface area contributed by atoms with Crippen LogP contribution in [0.5, 0.6) is 0 Å². The summed E-state index contributed by atoms with van der Waals surface area (Å²) >= 11 is 0. The van der Waals surface area contributed by atoms with Crippen molar-refractivity contribution >= 4 is 35.1 Å². The number of likely N-dealkylation sites (tertiary alicyclic amines) is 1. The number of nitrogens with zero attached hydrogens (tertiary/aromatic N) is 1. The van der Waals surface area contributed by atoms with Crippen LogP contribution in [0.15, 0.2) is 98.1 Å². The summed E-state index contributed by atoms with van der Waals surface area (Å²) in [4.78, 5) is 47.7. The van der Waals surface area contributed by atoms with E-state index in [1.807, 2.05) is 4.90 Å². The lowest BCUT2D eigenvalue weighted by molar-refractivity contribution is -0.112. The van der Waals surface area contributed by atoms with Crippen LogP contribution in [-0.4, -0.2) is 46.8 Å².